The van der Waals surface area contributed by atoms with Crippen LogP contribution in [-0.4, -0.2) is 5.78 Å². The van der Waals surface area contributed by atoms with E-state index in [1.54, 1.807) is 0 Å². The van der Waals surface area contributed by atoms with E-state index in [0.717, 1.165) is 24.0 Å². The molecule has 0 radical (unpaired) electrons. The Labute approximate surface area is 96.5 Å². The molecular formula is C15H16O. The molecule has 1 aromatic carbocycles. The molecule has 0 N–H and O–H groups in total. The number of carbonyl (C=O) groups is 1. The van der Waals surface area contributed by atoms with Crippen LogP contribution in [0.2, 0.25) is 0 Å². The Balaban J connectivity index is 2.16. The van der Waals surface area contributed by atoms with Crippen LogP contribution in [0, 0.1) is 5.92 Å². The maximum Gasteiger partial charge on any atom is 0.170 e. The molecule has 1 heteroatoms. The van der Waals surface area contributed by atoms with Crippen LogP contribution in [-0.2, 0) is 0 Å². The molecule has 0 spiro atoms. The summed E-state index contributed by atoms with van der Waals surface area (Å²) in [5, 5.41) is 0. The van der Waals surface area contributed by atoms with Crippen LogP contribution in [0.15, 0.2) is 54.1 Å². The second kappa shape index (κ2) is 4.93. The van der Waals surface area contributed by atoms with Gasteiger partial charge in [-0.1, -0.05) is 55.5 Å². The molecule has 1 unspecified atom stereocenters. The minimum atomic E-state index is -0.0288. The number of carbonyl (C=O) groups excluding carboxylic acids is 1. The maximum atomic E-state index is 12.2. The zero-order chi connectivity index (χ0) is 11.4. The van der Waals surface area contributed by atoms with Crippen LogP contribution in [0.3, 0.4) is 0 Å². The highest BCUT2D eigenvalue weighted by molar-refractivity contribution is 5.99. The van der Waals surface area contributed by atoms with Gasteiger partial charge in [-0.2, -0.15) is 0 Å². The topological polar surface area (TPSA) is 17.1 Å². The first-order valence-electron chi connectivity index (χ1n) is 5.75. The van der Waals surface area contributed by atoms with Crippen molar-refractivity contribution in [3.05, 3.63) is 59.7 Å². The number of benzene rings is 1. The van der Waals surface area contributed by atoms with E-state index in [1.807, 2.05) is 37.3 Å². The summed E-state index contributed by atoms with van der Waals surface area (Å²) in [6.07, 6.45) is 8.54. The minimum absolute atomic E-state index is 0.0288. The summed E-state index contributed by atoms with van der Waals surface area (Å²) < 4.78 is 0. The summed E-state index contributed by atoms with van der Waals surface area (Å²) in [7, 11) is 0. The lowest BCUT2D eigenvalue weighted by atomic mass is 9.89. The Morgan fingerprint density at radius 1 is 1.19 bits per heavy atom. The molecule has 1 aliphatic rings. The molecule has 1 aromatic rings. The van der Waals surface area contributed by atoms with Gasteiger partial charge in [-0.25, -0.2) is 0 Å². The normalized spacial score (nSPS) is 16.7. The van der Waals surface area contributed by atoms with Gasteiger partial charge in [-0.15, -0.1) is 0 Å². The van der Waals surface area contributed by atoms with Gasteiger partial charge in [0.15, 0.2) is 5.78 Å². The molecule has 0 amide bonds. The number of rotatable bonds is 3. The Kier molecular flexibility index (Phi) is 3.35. The fourth-order valence-electron chi connectivity index (χ4n) is 1.96. The quantitative estimate of drug-likeness (QED) is 0.697. The second-order valence-corrected chi connectivity index (χ2v) is 4.14. The summed E-state index contributed by atoms with van der Waals surface area (Å²) in [5.41, 5.74) is 1.95. The number of allylic oxidation sites excluding steroid dienone is 4. The van der Waals surface area contributed by atoms with E-state index in [9.17, 15) is 4.79 Å². The molecular weight excluding hydrogens is 196 g/mol. The smallest absolute Gasteiger partial charge is 0.170 e. The van der Waals surface area contributed by atoms with Crippen molar-refractivity contribution in [2.75, 3.05) is 0 Å². The maximum absolute atomic E-state index is 12.2. The van der Waals surface area contributed by atoms with Crippen molar-refractivity contribution in [3.8, 4) is 0 Å². The van der Waals surface area contributed by atoms with E-state index < -0.39 is 0 Å². The highest BCUT2D eigenvalue weighted by Gasteiger charge is 2.17. The average molecular weight is 212 g/mol. The van der Waals surface area contributed by atoms with Gasteiger partial charge in [0.1, 0.15) is 0 Å². The highest BCUT2D eigenvalue weighted by Crippen LogP contribution is 2.21. The van der Waals surface area contributed by atoms with Gasteiger partial charge in [-0.3, -0.25) is 4.79 Å². The van der Waals surface area contributed by atoms with Crippen molar-refractivity contribution >= 4 is 5.78 Å². The number of Topliss-reactive ketones (excluding diaryl/α,β-unsaturated/α-hetero) is 1. The Morgan fingerprint density at radius 2 is 1.94 bits per heavy atom. The first kappa shape index (κ1) is 10.9. The Hall–Kier alpha value is -1.63. The minimum Gasteiger partial charge on any atom is -0.294 e. The fraction of sp³-hybridized carbons (Fsp3) is 0.267. The number of hydrogen-bond acceptors (Lipinski definition) is 1. The first-order valence-corrected chi connectivity index (χ1v) is 5.75. The molecule has 2 rings (SSSR count). The van der Waals surface area contributed by atoms with Crippen LogP contribution < -0.4 is 0 Å². The third-order valence-electron chi connectivity index (χ3n) is 2.98. The average Bonchev–Trinajstić information content (AvgIpc) is 2.39. The first-order chi connectivity index (χ1) is 7.79. The third kappa shape index (κ3) is 2.30. The van der Waals surface area contributed by atoms with Crippen LogP contribution in [0.4, 0.5) is 0 Å². The standard InChI is InChI=1S/C15H16O/c1-12(13-8-4-2-5-9-13)15(16)14-10-6-3-7-11-14/h3-4,6-12H,2,5H2,1H3. The number of hydrogen-bond donors (Lipinski definition) is 0. The van der Waals surface area contributed by atoms with Crippen LogP contribution >= 0.6 is 0 Å². The molecule has 1 atom stereocenters. The SMILES string of the molecule is CC(C(=O)c1ccccc1)C1=CCCC=C1. The van der Waals surface area contributed by atoms with E-state index in [1.165, 1.54) is 0 Å². The van der Waals surface area contributed by atoms with Gasteiger partial charge in [0.05, 0.1) is 0 Å². The van der Waals surface area contributed by atoms with Gasteiger partial charge in [0.2, 0.25) is 0 Å². The monoisotopic (exact) mass is 212 g/mol. The fourth-order valence-corrected chi connectivity index (χ4v) is 1.96. The molecule has 1 nitrogen and oxygen atoms in total. The van der Waals surface area contributed by atoms with E-state index >= 15 is 0 Å². The zero-order valence-electron chi connectivity index (χ0n) is 9.52. The second-order valence-electron chi connectivity index (χ2n) is 4.14. The van der Waals surface area contributed by atoms with Crippen molar-refractivity contribution in [3.63, 3.8) is 0 Å². The number of ketones is 1. The van der Waals surface area contributed by atoms with Crippen LogP contribution in [0.25, 0.3) is 0 Å². The van der Waals surface area contributed by atoms with Crippen molar-refractivity contribution < 1.29 is 4.79 Å². The lowest BCUT2D eigenvalue weighted by Crippen LogP contribution is -2.13. The summed E-state index contributed by atoms with van der Waals surface area (Å²) >= 11 is 0. The predicted octanol–water partition coefficient (Wildman–Crippen LogP) is 3.78. The van der Waals surface area contributed by atoms with Gasteiger partial charge >= 0.3 is 0 Å². The lowest BCUT2D eigenvalue weighted by molar-refractivity contribution is 0.0949. The molecule has 0 fully saturated rings. The summed E-state index contributed by atoms with van der Waals surface area (Å²) in [4.78, 5) is 12.2. The largest absolute Gasteiger partial charge is 0.294 e. The molecule has 16 heavy (non-hydrogen) atoms. The molecule has 0 saturated heterocycles. The van der Waals surface area contributed by atoms with E-state index in [2.05, 4.69) is 18.2 Å². The van der Waals surface area contributed by atoms with Gasteiger partial charge in [0.25, 0.3) is 0 Å². The van der Waals surface area contributed by atoms with E-state index in [-0.39, 0.29) is 11.7 Å². The van der Waals surface area contributed by atoms with E-state index in [4.69, 9.17) is 0 Å². The zero-order valence-corrected chi connectivity index (χ0v) is 9.52. The van der Waals surface area contributed by atoms with Gasteiger partial charge in [-0.05, 0) is 18.4 Å². The van der Waals surface area contributed by atoms with Crippen LogP contribution in [0.1, 0.15) is 30.1 Å². The summed E-state index contributed by atoms with van der Waals surface area (Å²) in [6, 6.07) is 9.51. The molecule has 0 aromatic heterocycles. The highest BCUT2D eigenvalue weighted by atomic mass is 16.1. The molecule has 82 valence electrons. The van der Waals surface area contributed by atoms with Crippen molar-refractivity contribution in [1.29, 1.82) is 0 Å². The van der Waals surface area contributed by atoms with E-state index in [0.29, 0.717) is 0 Å². The predicted molar refractivity (Wildman–Crippen MR) is 66.4 cm³/mol. The molecule has 0 heterocycles. The summed E-state index contributed by atoms with van der Waals surface area (Å²) in [5.74, 6) is 0.178. The molecule has 0 aliphatic heterocycles. The van der Waals surface area contributed by atoms with Gasteiger partial charge in [0, 0.05) is 11.5 Å². The lowest BCUT2D eigenvalue weighted by Gasteiger charge is -2.14. The third-order valence-corrected chi connectivity index (χ3v) is 2.98. The molecule has 1 aliphatic carbocycles. The molecule has 0 bridgehead atoms. The van der Waals surface area contributed by atoms with Crippen LogP contribution in [0.5, 0.6) is 0 Å². The van der Waals surface area contributed by atoms with Gasteiger partial charge < -0.3 is 0 Å². The summed E-state index contributed by atoms with van der Waals surface area (Å²) in [6.45, 7) is 1.98. The molecule has 0 saturated carbocycles. The Bertz CT molecular complexity index is 426. The Morgan fingerprint density at radius 3 is 2.56 bits per heavy atom. The van der Waals surface area contributed by atoms with Crippen molar-refractivity contribution in [2.24, 2.45) is 5.92 Å². The van der Waals surface area contributed by atoms with Crippen molar-refractivity contribution in [1.82, 2.24) is 0 Å². The van der Waals surface area contributed by atoms with Crippen molar-refractivity contribution in [2.45, 2.75) is 19.8 Å².